The van der Waals surface area contributed by atoms with Crippen molar-refractivity contribution < 1.29 is 9.47 Å². The van der Waals surface area contributed by atoms with Gasteiger partial charge in [0.15, 0.2) is 0 Å². The first kappa shape index (κ1) is 15.9. The fourth-order valence-corrected chi connectivity index (χ4v) is 2.73. The van der Waals surface area contributed by atoms with Gasteiger partial charge >= 0.3 is 0 Å². The second-order valence-electron chi connectivity index (χ2n) is 6.13. The Labute approximate surface area is 128 Å². The normalized spacial score (nSPS) is 18.8. The summed E-state index contributed by atoms with van der Waals surface area (Å²) in [5.41, 5.74) is 3.77. The first-order valence-electron chi connectivity index (χ1n) is 7.84. The van der Waals surface area contributed by atoms with Crippen LogP contribution in [0, 0.1) is 0 Å². The van der Waals surface area contributed by atoms with Crippen LogP contribution in [0.25, 0.3) is 5.57 Å². The summed E-state index contributed by atoms with van der Waals surface area (Å²) in [7, 11) is 0. The molecular formula is C18H27NO2. The maximum Gasteiger partial charge on any atom is 0.120 e. The zero-order valence-electron chi connectivity index (χ0n) is 13.7. The number of anilines is 1. The van der Waals surface area contributed by atoms with Crippen LogP contribution in [0.5, 0.6) is 5.75 Å². The molecular weight excluding hydrogens is 262 g/mol. The molecule has 0 aliphatic carbocycles. The summed E-state index contributed by atoms with van der Waals surface area (Å²) in [6.45, 7) is 11.2. The predicted molar refractivity (Wildman–Crippen MR) is 89.0 cm³/mol. The van der Waals surface area contributed by atoms with E-state index in [9.17, 15) is 0 Å². The smallest absolute Gasteiger partial charge is 0.120 e. The third-order valence-corrected chi connectivity index (χ3v) is 3.59. The molecule has 1 aromatic carbocycles. The highest BCUT2D eigenvalue weighted by Gasteiger charge is 2.22. The van der Waals surface area contributed by atoms with E-state index in [1.54, 1.807) is 0 Å². The fourth-order valence-electron chi connectivity index (χ4n) is 2.73. The van der Waals surface area contributed by atoms with E-state index < -0.39 is 0 Å². The Morgan fingerprint density at radius 2 is 1.95 bits per heavy atom. The lowest BCUT2D eigenvalue weighted by Gasteiger charge is -2.31. The van der Waals surface area contributed by atoms with E-state index in [2.05, 4.69) is 44.3 Å². The zero-order chi connectivity index (χ0) is 15.3. The second kappa shape index (κ2) is 6.99. The van der Waals surface area contributed by atoms with Crippen LogP contribution in [0.2, 0.25) is 0 Å². The van der Waals surface area contributed by atoms with Crippen LogP contribution >= 0.6 is 0 Å². The van der Waals surface area contributed by atoms with Gasteiger partial charge in [0.1, 0.15) is 5.75 Å². The third kappa shape index (κ3) is 4.50. The first-order valence-corrected chi connectivity index (χ1v) is 7.84. The Kier molecular flexibility index (Phi) is 5.29. The van der Waals surface area contributed by atoms with E-state index in [1.807, 2.05) is 13.0 Å². The molecule has 0 saturated carbocycles. The maximum absolute atomic E-state index is 5.52. The lowest BCUT2D eigenvalue weighted by atomic mass is 9.91. The summed E-state index contributed by atoms with van der Waals surface area (Å²) < 4.78 is 10.5. The van der Waals surface area contributed by atoms with Crippen LogP contribution < -0.4 is 10.1 Å². The maximum atomic E-state index is 5.52. The van der Waals surface area contributed by atoms with Gasteiger partial charge in [-0.05, 0) is 64.3 Å². The number of rotatable bonds is 2. The lowest BCUT2D eigenvalue weighted by Crippen LogP contribution is -2.31. The van der Waals surface area contributed by atoms with Crippen molar-refractivity contribution in [2.45, 2.75) is 46.1 Å². The summed E-state index contributed by atoms with van der Waals surface area (Å²) in [4.78, 5) is 0. The van der Waals surface area contributed by atoms with Crippen LogP contribution in [0.1, 0.15) is 46.1 Å². The van der Waals surface area contributed by atoms with Crippen molar-refractivity contribution in [2.24, 2.45) is 0 Å². The molecule has 0 radical (unpaired) electrons. The van der Waals surface area contributed by atoms with Crippen LogP contribution in [0.4, 0.5) is 5.69 Å². The van der Waals surface area contributed by atoms with E-state index in [-0.39, 0.29) is 5.54 Å². The molecule has 3 rings (SSSR count). The summed E-state index contributed by atoms with van der Waals surface area (Å²) in [6.07, 6.45) is 4.81. The van der Waals surface area contributed by atoms with Gasteiger partial charge in [-0.1, -0.05) is 6.08 Å². The summed E-state index contributed by atoms with van der Waals surface area (Å²) in [5.74, 6) is 0.940. The highest BCUT2D eigenvalue weighted by atomic mass is 16.5. The number of ether oxygens (including phenoxy) is 2. The van der Waals surface area contributed by atoms with Gasteiger partial charge in [0.2, 0.25) is 0 Å². The molecule has 1 N–H and O–H groups in total. The number of fused-ring (bicyclic) bond motifs is 1. The Balaban J connectivity index is 0.000000272. The minimum Gasteiger partial charge on any atom is -0.494 e. The minimum absolute atomic E-state index is 0.0320. The lowest BCUT2D eigenvalue weighted by molar-refractivity contribution is 0.198. The molecule has 0 bridgehead atoms. The number of hydrogen-bond donors (Lipinski definition) is 1. The van der Waals surface area contributed by atoms with E-state index in [1.165, 1.54) is 29.7 Å². The molecule has 3 heteroatoms. The van der Waals surface area contributed by atoms with Crippen molar-refractivity contribution >= 4 is 11.3 Å². The van der Waals surface area contributed by atoms with E-state index in [4.69, 9.17) is 9.47 Å². The molecule has 1 aromatic rings. The molecule has 1 fully saturated rings. The monoisotopic (exact) mass is 289 g/mol. The topological polar surface area (TPSA) is 30.5 Å². The van der Waals surface area contributed by atoms with Gasteiger partial charge in [0.25, 0.3) is 0 Å². The standard InChI is InChI=1S/C14H19NO.C4H8O/c1-5-16-11-6-7-13-12(8-11)10(2)9-14(3,4)15-13;1-2-4-5-3-1/h6-9,15H,5H2,1-4H3;1-4H2. The van der Waals surface area contributed by atoms with Crippen molar-refractivity contribution in [3.8, 4) is 5.75 Å². The average molecular weight is 289 g/mol. The molecule has 21 heavy (non-hydrogen) atoms. The van der Waals surface area contributed by atoms with Crippen LogP contribution in [-0.2, 0) is 4.74 Å². The number of benzene rings is 1. The zero-order valence-corrected chi connectivity index (χ0v) is 13.7. The van der Waals surface area contributed by atoms with Gasteiger partial charge in [0.05, 0.1) is 12.1 Å². The van der Waals surface area contributed by atoms with Gasteiger partial charge in [-0.2, -0.15) is 0 Å². The Hall–Kier alpha value is -1.48. The quantitative estimate of drug-likeness (QED) is 0.870. The number of allylic oxidation sites excluding steroid dienone is 1. The van der Waals surface area contributed by atoms with Gasteiger partial charge in [-0.15, -0.1) is 0 Å². The van der Waals surface area contributed by atoms with Crippen molar-refractivity contribution in [3.63, 3.8) is 0 Å². The van der Waals surface area contributed by atoms with Gasteiger partial charge in [-0.3, -0.25) is 0 Å². The Morgan fingerprint density at radius 3 is 2.52 bits per heavy atom. The highest BCUT2D eigenvalue weighted by Crippen LogP contribution is 2.35. The molecule has 0 aromatic heterocycles. The summed E-state index contributed by atoms with van der Waals surface area (Å²) >= 11 is 0. The van der Waals surface area contributed by atoms with Gasteiger partial charge in [-0.25, -0.2) is 0 Å². The van der Waals surface area contributed by atoms with Gasteiger partial charge in [0, 0.05) is 24.5 Å². The Bertz CT molecular complexity index is 494. The van der Waals surface area contributed by atoms with Crippen molar-refractivity contribution in [3.05, 3.63) is 29.8 Å². The summed E-state index contributed by atoms with van der Waals surface area (Å²) in [5, 5.41) is 3.50. The summed E-state index contributed by atoms with van der Waals surface area (Å²) in [6, 6.07) is 6.22. The van der Waals surface area contributed by atoms with Gasteiger partial charge < -0.3 is 14.8 Å². The van der Waals surface area contributed by atoms with Crippen molar-refractivity contribution in [1.82, 2.24) is 0 Å². The molecule has 3 nitrogen and oxygen atoms in total. The molecule has 1 saturated heterocycles. The molecule has 0 spiro atoms. The average Bonchev–Trinajstić information content (AvgIpc) is 2.98. The van der Waals surface area contributed by atoms with Crippen molar-refractivity contribution in [2.75, 3.05) is 25.1 Å². The molecule has 2 aliphatic heterocycles. The minimum atomic E-state index is 0.0320. The highest BCUT2D eigenvalue weighted by molar-refractivity contribution is 5.80. The number of nitrogens with one attached hydrogen (secondary N) is 1. The first-order chi connectivity index (χ1) is 10.0. The molecule has 116 valence electrons. The SMILES string of the molecule is C1CCOC1.CCOc1ccc2c(c1)C(C)=CC(C)(C)N2. The van der Waals surface area contributed by atoms with E-state index in [0.29, 0.717) is 6.61 Å². The predicted octanol–water partition coefficient (Wildman–Crippen LogP) is 4.49. The van der Waals surface area contributed by atoms with Crippen LogP contribution in [-0.4, -0.2) is 25.4 Å². The second-order valence-corrected chi connectivity index (χ2v) is 6.13. The molecule has 0 atom stereocenters. The van der Waals surface area contributed by atoms with E-state index >= 15 is 0 Å². The fraction of sp³-hybridized carbons (Fsp3) is 0.556. The molecule has 0 unspecified atom stereocenters. The van der Waals surface area contributed by atoms with Crippen LogP contribution in [0.3, 0.4) is 0 Å². The molecule has 2 heterocycles. The number of hydrogen-bond acceptors (Lipinski definition) is 3. The van der Waals surface area contributed by atoms with Crippen LogP contribution in [0.15, 0.2) is 24.3 Å². The molecule has 2 aliphatic rings. The molecule has 0 amide bonds. The van der Waals surface area contributed by atoms with Crippen molar-refractivity contribution in [1.29, 1.82) is 0 Å². The Morgan fingerprint density at radius 1 is 1.24 bits per heavy atom. The largest absolute Gasteiger partial charge is 0.494 e. The van der Waals surface area contributed by atoms with E-state index in [0.717, 1.165) is 19.0 Å². The third-order valence-electron chi connectivity index (χ3n) is 3.59.